The lowest BCUT2D eigenvalue weighted by Gasteiger charge is -2.09. The maximum absolute atomic E-state index is 9.48. The smallest absolute Gasteiger partial charge is 0.157 e. The summed E-state index contributed by atoms with van der Waals surface area (Å²) in [6, 6.07) is 22.0. The average Bonchev–Trinajstić information content (AvgIpc) is 2.58. The van der Waals surface area contributed by atoms with Gasteiger partial charge in [0, 0.05) is 12.2 Å². The molecule has 116 valence electrons. The quantitative estimate of drug-likeness (QED) is 0.607. The third-order valence-electron chi connectivity index (χ3n) is 3.37. The van der Waals surface area contributed by atoms with Crippen LogP contribution in [0.2, 0.25) is 0 Å². The first-order valence-corrected chi connectivity index (χ1v) is 7.28. The Kier molecular flexibility index (Phi) is 4.34. The van der Waals surface area contributed by atoms with Crippen LogP contribution in [0.15, 0.2) is 72.8 Å². The molecule has 0 radical (unpaired) electrons. The average molecular weight is 307 g/mol. The van der Waals surface area contributed by atoms with Crippen LogP contribution >= 0.6 is 0 Å². The van der Waals surface area contributed by atoms with E-state index in [0.29, 0.717) is 6.54 Å². The monoisotopic (exact) mass is 307 g/mol. The molecule has 4 heteroatoms. The Morgan fingerprint density at radius 1 is 0.739 bits per heavy atom. The topological polar surface area (TPSA) is 61.7 Å². The van der Waals surface area contributed by atoms with Gasteiger partial charge in [0.15, 0.2) is 11.5 Å². The van der Waals surface area contributed by atoms with E-state index in [4.69, 9.17) is 4.74 Å². The first kappa shape index (κ1) is 14.8. The summed E-state index contributed by atoms with van der Waals surface area (Å²) in [5.41, 5.74) is 1.82. The lowest BCUT2D eigenvalue weighted by Crippen LogP contribution is -1.99. The lowest BCUT2D eigenvalue weighted by atomic mass is 10.2. The molecule has 0 unspecified atom stereocenters. The number of phenolic OH excluding ortho intramolecular Hbond substituents is 2. The van der Waals surface area contributed by atoms with E-state index in [1.807, 2.05) is 54.6 Å². The Hall–Kier alpha value is -3.14. The third kappa shape index (κ3) is 3.95. The number of ether oxygens (including phenoxy) is 1. The molecule has 0 heterocycles. The van der Waals surface area contributed by atoms with Gasteiger partial charge in [0.25, 0.3) is 0 Å². The zero-order valence-corrected chi connectivity index (χ0v) is 12.4. The van der Waals surface area contributed by atoms with Gasteiger partial charge >= 0.3 is 0 Å². The first-order chi connectivity index (χ1) is 11.2. The van der Waals surface area contributed by atoms with E-state index < -0.39 is 0 Å². The fourth-order valence-electron chi connectivity index (χ4n) is 2.15. The van der Waals surface area contributed by atoms with Gasteiger partial charge in [0.2, 0.25) is 0 Å². The number of hydrogen-bond acceptors (Lipinski definition) is 4. The molecule has 0 saturated heterocycles. The molecule has 0 fully saturated rings. The molecule has 3 aromatic carbocycles. The number of nitrogens with one attached hydrogen (secondary N) is 1. The Balaban J connectivity index is 1.60. The van der Waals surface area contributed by atoms with Crippen LogP contribution in [0.3, 0.4) is 0 Å². The molecule has 0 amide bonds. The summed E-state index contributed by atoms with van der Waals surface area (Å²) in [6.07, 6.45) is 0. The number of anilines is 1. The van der Waals surface area contributed by atoms with Gasteiger partial charge in [0.05, 0.1) is 0 Å². The van der Waals surface area contributed by atoms with Gasteiger partial charge < -0.3 is 20.3 Å². The normalized spacial score (nSPS) is 10.3. The van der Waals surface area contributed by atoms with Crippen molar-refractivity contribution in [1.29, 1.82) is 0 Å². The van der Waals surface area contributed by atoms with E-state index in [0.717, 1.165) is 22.7 Å². The van der Waals surface area contributed by atoms with Gasteiger partial charge in [-0.25, -0.2) is 0 Å². The number of rotatable bonds is 5. The van der Waals surface area contributed by atoms with Crippen molar-refractivity contribution in [2.75, 3.05) is 5.32 Å². The van der Waals surface area contributed by atoms with Crippen LogP contribution in [-0.4, -0.2) is 10.2 Å². The van der Waals surface area contributed by atoms with Crippen LogP contribution < -0.4 is 10.1 Å². The van der Waals surface area contributed by atoms with Crippen LogP contribution in [0.4, 0.5) is 5.69 Å². The summed E-state index contributed by atoms with van der Waals surface area (Å²) in [5, 5.41) is 22.0. The number of para-hydroxylation sites is 1. The summed E-state index contributed by atoms with van der Waals surface area (Å²) in [7, 11) is 0. The second-order valence-electron chi connectivity index (χ2n) is 5.12. The lowest BCUT2D eigenvalue weighted by molar-refractivity contribution is 0.403. The molecule has 3 rings (SSSR count). The van der Waals surface area contributed by atoms with Crippen LogP contribution in [0, 0.1) is 0 Å². The van der Waals surface area contributed by atoms with Crippen molar-refractivity contribution >= 4 is 5.69 Å². The Morgan fingerprint density at radius 2 is 1.43 bits per heavy atom. The minimum absolute atomic E-state index is 0.115. The second kappa shape index (κ2) is 6.75. The number of phenols is 2. The second-order valence-corrected chi connectivity index (χ2v) is 5.12. The molecule has 23 heavy (non-hydrogen) atoms. The van der Waals surface area contributed by atoms with Crippen molar-refractivity contribution in [2.45, 2.75) is 6.54 Å². The van der Waals surface area contributed by atoms with Gasteiger partial charge in [-0.1, -0.05) is 24.3 Å². The summed E-state index contributed by atoms with van der Waals surface area (Å²) < 4.78 is 5.74. The van der Waals surface area contributed by atoms with E-state index in [1.54, 1.807) is 6.07 Å². The predicted octanol–water partition coefficient (Wildman–Crippen LogP) is 4.50. The maximum Gasteiger partial charge on any atom is 0.157 e. The predicted molar refractivity (Wildman–Crippen MR) is 90.1 cm³/mol. The van der Waals surface area contributed by atoms with Gasteiger partial charge in [-0.05, 0) is 54.1 Å². The highest BCUT2D eigenvalue weighted by Crippen LogP contribution is 2.26. The molecule has 3 N–H and O–H groups in total. The van der Waals surface area contributed by atoms with Crippen molar-refractivity contribution in [3.05, 3.63) is 78.4 Å². The molecule has 0 spiro atoms. The van der Waals surface area contributed by atoms with Crippen LogP contribution in [0.5, 0.6) is 23.0 Å². The molecule has 0 aliphatic heterocycles. The molecular weight excluding hydrogens is 290 g/mol. The van der Waals surface area contributed by atoms with Crippen molar-refractivity contribution in [1.82, 2.24) is 0 Å². The summed E-state index contributed by atoms with van der Waals surface area (Å²) in [5.74, 6) is 1.34. The van der Waals surface area contributed by atoms with Gasteiger partial charge in [-0.15, -0.1) is 0 Å². The van der Waals surface area contributed by atoms with Crippen molar-refractivity contribution in [3.8, 4) is 23.0 Å². The van der Waals surface area contributed by atoms with E-state index in [9.17, 15) is 10.2 Å². The molecule has 0 bridgehead atoms. The standard InChI is InChI=1S/C19H17NO3/c21-18-11-6-14(12-19(18)22)13-20-15-7-9-17(10-8-15)23-16-4-2-1-3-5-16/h1-12,20-22H,13H2. The first-order valence-electron chi connectivity index (χ1n) is 7.28. The fourth-order valence-corrected chi connectivity index (χ4v) is 2.15. The SMILES string of the molecule is Oc1ccc(CNc2ccc(Oc3ccccc3)cc2)cc1O. The Bertz CT molecular complexity index is 770. The van der Waals surface area contributed by atoms with Gasteiger partial charge in [-0.2, -0.15) is 0 Å². The van der Waals surface area contributed by atoms with Crippen molar-refractivity contribution < 1.29 is 14.9 Å². The molecule has 0 saturated carbocycles. The van der Waals surface area contributed by atoms with Crippen LogP contribution in [0.25, 0.3) is 0 Å². The molecule has 3 aromatic rings. The Morgan fingerprint density at radius 3 is 2.13 bits per heavy atom. The largest absolute Gasteiger partial charge is 0.504 e. The molecule has 0 aliphatic carbocycles. The van der Waals surface area contributed by atoms with Gasteiger partial charge in [0.1, 0.15) is 11.5 Å². The highest BCUT2D eigenvalue weighted by atomic mass is 16.5. The van der Waals surface area contributed by atoms with E-state index in [1.165, 1.54) is 12.1 Å². The summed E-state index contributed by atoms with van der Waals surface area (Å²) in [6.45, 7) is 0.548. The number of hydrogen-bond donors (Lipinski definition) is 3. The maximum atomic E-state index is 9.48. The molecule has 0 aliphatic rings. The van der Waals surface area contributed by atoms with Gasteiger partial charge in [-0.3, -0.25) is 0 Å². The highest BCUT2D eigenvalue weighted by molar-refractivity contribution is 5.48. The van der Waals surface area contributed by atoms with E-state index >= 15 is 0 Å². The Labute approximate surface area is 134 Å². The zero-order valence-electron chi connectivity index (χ0n) is 12.4. The minimum Gasteiger partial charge on any atom is -0.504 e. The minimum atomic E-state index is -0.115. The molecule has 0 atom stereocenters. The summed E-state index contributed by atoms with van der Waals surface area (Å²) in [4.78, 5) is 0. The molecule has 0 aromatic heterocycles. The highest BCUT2D eigenvalue weighted by Gasteiger charge is 2.01. The van der Waals surface area contributed by atoms with Crippen molar-refractivity contribution in [2.24, 2.45) is 0 Å². The third-order valence-corrected chi connectivity index (χ3v) is 3.37. The number of aromatic hydroxyl groups is 2. The fraction of sp³-hybridized carbons (Fsp3) is 0.0526. The van der Waals surface area contributed by atoms with Crippen LogP contribution in [0.1, 0.15) is 5.56 Å². The molecular formula is C19H17NO3. The van der Waals surface area contributed by atoms with Crippen LogP contribution in [-0.2, 0) is 6.54 Å². The molecule has 4 nitrogen and oxygen atoms in total. The van der Waals surface area contributed by atoms with E-state index in [2.05, 4.69) is 5.32 Å². The van der Waals surface area contributed by atoms with Crippen molar-refractivity contribution in [3.63, 3.8) is 0 Å². The number of benzene rings is 3. The zero-order chi connectivity index (χ0) is 16.1. The van der Waals surface area contributed by atoms with E-state index in [-0.39, 0.29) is 11.5 Å². The summed E-state index contributed by atoms with van der Waals surface area (Å²) >= 11 is 0.